The summed E-state index contributed by atoms with van der Waals surface area (Å²) in [5.41, 5.74) is 1.41. The summed E-state index contributed by atoms with van der Waals surface area (Å²) in [5.74, 6) is -0.213. The molecule has 0 heterocycles. The second kappa shape index (κ2) is 8.26. The van der Waals surface area contributed by atoms with Crippen molar-refractivity contribution in [1.82, 2.24) is 0 Å². The molecule has 1 aromatic rings. The topological polar surface area (TPSA) is 31.2 Å². The Morgan fingerprint density at radius 1 is 1.44 bits per heavy atom. The summed E-state index contributed by atoms with van der Waals surface area (Å²) in [7, 11) is 0. The molecule has 3 heteroatoms. The molecule has 0 fully saturated rings. The number of rotatable bonds is 4. The third kappa shape index (κ3) is 5.64. The maximum atomic E-state index is 11.7. The minimum absolute atomic E-state index is 0. The van der Waals surface area contributed by atoms with Gasteiger partial charge >= 0.3 is 0 Å². The Hall–Kier alpha value is -0.882. The van der Waals surface area contributed by atoms with Gasteiger partial charge in [-0.25, -0.2) is 0 Å². The van der Waals surface area contributed by atoms with Crippen molar-refractivity contribution in [3.8, 4) is 0 Å². The van der Waals surface area contributed by atoms with Crippen LogP contribution >= 0.6 is 0 Å². The molecule has 0 atom stereocenters. The fraction of sp³-hybridized carbons (Fsp3) is 0.333. The van der Waals surface area contributed by atoms with Gasteiger partial charge in [0.1, 0.15) is 0 Å². The van der Waals surface area contributed by atoms with E-state index in [4.69, 9.17) is 0 Å². The smallest absolute Gasteiger partial charge is 0 e. The molecule has 0 aliphatic carbocycles. The Morgan fingerprint density at radius 3 is 2.50 bits per heavy atom. The van der Waals surface area contributed by atoms with Crippen LogP contribution in [0.1, 0.15) is 31.1 Å². The standard InChI is InChI=1S/C14H18NO.CH3.W/c1-11(2)14(3,4)10-15-13(16)12-8-6-5-7-9-12;;/h5-8H,1,10H2,2-4H3,(H,15,16);1H3;/q2*-1;/p-1. The average molecular weight is 414 g/mol. The predicted molar refractivity (Wildman–Crippen MR) is 72.8 cm³/mol. The number of carbonyl (C=O) groups is 1. The van der Waals surface area contributed by atoms with Crippen molar-refractivity contribution < 1.29 is 25.9 Å². The zero-order valence-corrected chi connectivity index (χ0v) is 14.4. The summed E-state index contributed by atoms with van der Waals surface area (Å²) in [4.78, 5) is 11.7. The molecular weight excluding hydrogens is 394 g/mol. The third-order valence-electron chi connectivity index (χ3n) is 2.71. The fourth-order valence-corrected chi connectivity index (χ4v) is 1.02. The van der Waals surface area contributed by atoms with Crippen molar-refractivity contribution >= 4 is 5.91 Å². The summed E-state index contributed by atoms with van der Waals surface area (Å²) in [6.45, 7) is 10.4. The minimum Gasteiger partial charge on any atom is -0.694 e. The van der Waals surface area contributed by atoms with Gasteiger partial charge in [-0.15, -0.1) is 42.4 Å². The van der Waals surface area contributed by atoms with E-state index >= 15 is 0 Å². The van der Waals surface area contributed by atoms with Crippen LogP contribution in [0.4, 0.5) is 0 Å². The summed E-state index contributed by atoms with van der Waals surface area (Å²) in [6.07, 6.45) is 0. The van der Waals surface area contributed by atoms with Gasteiger partial charge in [-0.05, 0) is 18.2 Å². The van der Waals surface area contributed by atoms with Crippen LogP contribution in [-0.2, 0) is 21.1 Å². The molecule has 0 saturated heterocycles. The van der Waals surface area contributed by atoms with Crippen LogP contribution in [0.3, 0.4) is 0 Å². The molecule has 0 bridgehead atoms. The second-order valence-corrected chi connectivity index (χ2v) is 4.56. The summed E-state index contributed by atoms with van der Waals surface area (Å²) in [6, 6.07) is 9.94. The first-order valence-corrected chi connectivity index (χ1v) is 5.28. The molecule has 100 valence electrons. The van der Waals surface area contributed by atoms with Gasteiger partial charge in [0.15, 0.2) is 0 Å². The van der Waals surface area contributed by atoms with Crippen LogP contribution in [0.5, 0.6) is 0 Å². The van der Waals surface area contributed by atoms with Gasteiger partial charge in [-0.1, -0.05) is 26.0 Å². The molecule has 0 aromatic heterocycles. The van der Waals surface area contributed by atoms with Crippen molar-refractivity contribution in [1.29, 1.82) is 0 Å². The molecular formula is C15H20NOW-3. The molecule has 0 unspecified atom stereocenters. The van der Waals surface area contributed by atoms with Gasteiger partial charge in [-0.2, -0.15) is 0 Å². The molecule has 18 heavy (non-hydrogen) atoms. The maximum Gasteiger partial charge on any atom is 0 e. The number of carbonyl (C=O) groups excluding carboxylic acids is 1. The Morgan fingerprint density at radius 2 is 2.06 bits per heavy atom. The first-order valence-electron chi connectivity index (χ1n) is 5.28. The third-order valence-corrected chi connectivity index (χ3v) is 2.71. The van der Waals surface area contributed by atoms with Crippen LogP contribution in [0.2, 0.25) is 0 Å². The zero-order chi connectivity index (χ0) is 12.2. The molecule has 2 nitrogen and oxygen atoms in total. The van der Waals surface area contributed by atoms with E-state index in [1.807, 2.05) is 32.9 Å². The Balaban J connectivity index is 0. The monoisotopic (exact) mass is 414 g/mol. The van der Waals surface area contributed by atoms with Gasteiger partial charge < -0.3 is 17.5 Å². The number of nitrogens with zero attached hydrogens (tertiary/aromatic N) is 1. The molecule has 1 amide bonds. The normalized spacial score (nSPS) is 9.72. The molecule has 0 saturated carbocycles. The molecule has 0 radical (unpaired) electrons. The van der Waals surface area contributed by atoms with Crippen LogP contribution in [-0.4, -0.2) is 12.5 Å². The van der Waals surface area contributed by atoms with Crippen LogP contribution in [0, 0.1) is 18.9 Å². The average Bonchev–Trinajstić information content (AvgIpc) is 2.27. The second-order valence-electron chi connectivity index (χ2n) is 4.56. The Labute approximate surface area is 125 Å². The van der Waals surface area contributed by atoms with Crippen molar-refractivity contribution in [3.63, 3.8) is 0 Å². The summed E-state index contributed by atoms with van der Waals surface area (Å²) >= 11 is 0. The van der Waals surface area contributed by atoms with Gasteiger partial charge in [0, 0.05) is 21.1 Å². The predicted octanol–water partition coefficient (Wildman–Crippen LogP) is 4.05. The Kier molecular flexibility index (Phi) is 8.93. The van der Waals surface area contributed by atoms with Crippen LogP contribution in [0.15, 0.2) is 36.4 Å². The first kappa shape index (κ1) is 19.5. The van der Waals surface area contributed by atoms with E-state index in [2.05, 4.69) is 18.0 Å². The molecule has 0 N–H and O–H groups in total. The van der Waals surface area contributed by atoms with E-state index in [1.165, 1.54) is 0 Å². The molecule has 1 aromatic carbocycles. The van der Waals surface area contributed by atoms with E-state index in [9.17, 15) is 4.79 Å². The van der Waals surface area contributed by atoms with Crippen LogP contribution in [0.25, 0.3) is 5.32 Å². The number of benzene rings is 1. The van der Waals surface area contributed by atoms with E-state index in [-0.39, 0.29) is 39.8 Å². The first-order chi connectivity index (χ1) is 7.43. The number of amides is 1. The molecule has 0 aliphatic heterocycles. The minimum atomic E-state index is -0.213. The quantitative estimate of drug-likeness (QED) is 0.541. The summed E-state index contributed by atoms with van der Waals surface area (Å²) < 4.78 is 0. The molecule has 0 spiro atoms. The Bertz CT molecular complexity index is 385. The zero-order valence-electron chi connectivity index (χ0n) is 11.5. The van der Waals surface area contributed by atoms with Crippen molar-refractivity contribution in [2.24, 2.45) is 5.41 Å². The van der Waals surface area contributed by atoms with Gasteiger partial charge in [-0.3, -0.25) is 0 Å². The molecule has 0 aliphatic rings. The van der Waals surface area contributed by atoms with Gasteiger partial charge in [0.2, 0.25) is 0 Å². The van der Waals surface area contributed by atoms with Crippen molar-refractivity contribution in [3.05, 3.63) is 60.8 Å². The van der Waals surface area contributed by atoms with Gasteiger partial charge in [0.05, 0.1) is 0 Å². The van der Waals surface area contributed by atoms with E-state index in [0.717, 1.165) is 5.57 Å². The fourth-order valence-electron chi connectivity index (χ4n) is 1.02. The van der Waals surface area contributed by atoms with E-state index in [1.54, 1.807) is 12.1 Å². The van der Waals surface area contributed by atoms with E-state index in [0.29, 0.717) is 12.1 Å². The maximum absolute atomic E-state index is 11.7. The number of hydrogen-bond acceptors (Lipinski definition) is 1. The van der Waals surface area contributed by atoms with Gasteiger partial charge in [0.25, 0.3) is 0 Å². The SMILES string of the molecule is C=C(C)C(C)(C)C[N-]C(=O)c1[c-]cccc1.[CH3-].[W]. The molecule has 1 rings (SSSR count). The van der Waals surface area contributed by atoms with Crippen LogP contribution < -0.4 is 0 Å². The largest absolute Gasteiger partial charge is 0.694 e. The number of hydrogen-bond donors (Lipinski definition) is 0. The van der Waals surface area contributed by atoms with Crippen molar-refractivity contribution in [2.75, 3.05) is 6.54 Å². The van der Waals surface area contributed by atoms with Crippen molar-refractivity contribution in [2.45, 2.75) is 20.8 Å². The van der Waals surface area contributed by atoms with E-state index < -0.39 is 0 Å². The summed E-state index contributed by atoms with van der Waals surface area (Å²) in [5, 5.41) is 4.06.